The Hall–Kier alpha value is -2.99. The van der Waals surface area contributed by atoms with Crippen molar-refractivity contribution in [3.63, 3.8) is 0 Å². The fourth-order valence-corrected chi connectivity index (χ4v) is 4.01. The first-order valence-corrected chi connectivity index (χ1v) is 9.76. The van der Waals surface area contributed by atoms with Crippen LogP contribution in [0, 0.1) is 0 Å². The Labute approximate surface area is 161 Å². The fourth-order valence-electron chi connectivity index (χ4n) is 3.18. The fraction of sp³-hybridized carbons (Fsp3) is 0.190. The highest BCUT2D eigenvalue weighted by Gasteiger charge is 2.19. The largest absolute Gasteiger partial charge is 0.342 e. The molecule has 1 N–H and O–H groups in total. The first-order valence-electron chi connectivity index (χ1n) is 8.94. The Bertz CT molecular complexity index is 1080. The molecule has 2 heterocycles. The molecule has 0 saturated heterocycles. The van der Waals surface area contributed by atoms with Crippen molar-refractivity contribution in [1.82, 2.24) is 19.9 Å². The van der Waals surface area contributed by atoms with Gasteiger partial charge in [-0.2, -0.15) is 0 Å². The average Bonchev–Trinajstić information content (AvgIpc) is 3.33. The average molecular weight is 376 g/mol. The number of aromatic nitrogens is 3. The van der Waals surface area contributed by atoms with Crippen LogP contribution in [0.2, 0.25) is 0 Å². The summed E-state index contributed by atoms with van der Waals surface area (Å²) in [6, 6.07) is 17.7. The van der Waals surface area contributed by atoms with Gasteiger partial charge < -0.3 is 9.88 Å². The standard InChI is InChI=1S/C21H20N4OS/c1-3-25-17-12-8-7-11-16(17)24-19(25)14(2)23-20(26)18-13-22-21(27-18)15-9-5-4-6-10-15/h4-14H,3H2,1-2H3,(H,23,26). The summed E-state index contributed by atoms with van der Waals surface area (Å²) in [7, 11) is 0. The maximum absolute atomic E-state index is 12.7. The van der Waals surface area contributed by atoms with Crippen molar-refractivity contribution in [2.75, 3.05) is 0 Å². The van der Waals surface area contributed by atoms with Gasteiger partial charge in [0.15, 0.2) is 0 Å². The molecule has 0 bridgehead atoms. The Morgan fingerprint density at radius 3 is 2.67 bits per heavy atom. The molecule has 0 saturated carbocycles. The number of carbonyl (C=O) groups excluding carboxylic acids is 1. The Morgan fingerprint density at radius 1 is 1.15 bits per heavy atom. The Kier molecular flexibility index (Phi) is 4.73. The van der Waals surface area contributed by atoms with Gasteiger partial charge in [-0.15, -0.1) is 11.3 Å². The van der Waals surface area contributed by atoms with E-state index in [1.165, 1.54) is 11.3 Å². The van der Waals surface area contributed by atoms with Crippen LogP contribution >= 0.6 is 11.3 Å². The SMILES string of the molecule is CCn1c(C(C)NC(=O)c2cnc(-c3ccccc3)s2)nc2ccccc21. The molecule has 1 atom stereocenters. The Balaban J connectivity index is 1.56. The minimum atomic E-state index is -0.202. The van der Waals surface area contributed by atoms with Crippen LogP contribution in [0.1, 0.15) is 35.4 Å². The van der Waals surface area contributed by atoms with Gasteiger partial charge in [0, 0.05) is 12.1 Å². The number of para-hydroxylation sites is 2. The lowest BCUT2D eigenvalue weighted by Crippen LogP contribution is -2.28. The third kappa shape index (κ3) is 3.36. The second kappa shape index (κ2) is 7.32. The highest BCUT2D eigenvalue weighted by molar-refractivity contribution is 7.16. The van der Waals surface area contributed by atoms with Crippen molar-refractivity contribution >= 4 is 28.3 Å². The number of thiazole rings is 1. The summed E-state index contributed by atoms with van der Waals surface area (Å²) in [5.74, 6) is 0.733. The van der Waals surface area contributed by atoms with Gasteiger partial charge in [-0.3, -0.25) is 4.79 Å². The minimum Gasteiger partial charge on any atom is -0.342 e. The maximum Gasteiger partial charge on any atom is 0.263 e. The van der Waals surface area contributed by atoms with Crippen molar-refractivity contribution in [3.05, 3.63) is 71.5 Å². The number of hydrogen-bond acceptors (Lipinski definition) is 4. The molecule has 2 aromatic heterocycles. The first-order chi connectivity index (χ1) is 13.2. The van der Waals surface area contributed by atoms with Crippen molar-refractivity contribution in [3.8, 4) is 10.6 Å². The molecule has 0 fully saturated rings. The van der Waals surface area contributed by atoms with Crippen molar-refractivity contribution < 1.29 is 4.79 Å². The van der Waals surface area contributed by atoms with E-state index in [1.54, 1.807) is 6.20 Å². The first kappa shape index (κ1) is 17.4. The predicted octanol–water partition coefficient (Wildman–Crippen LogP) is 4.67. The van der Waals surface area contributed by atoms with Gasteiger partial charge in [-0.25, -0.2) is 9.97 Å². The highest BCUT2D eigenvalue weighted by atomic mass is 32.1. The molecule has 27 heavy (non-hydrogen) atoms. The van der Waals surface area contributed by atoms with Crippen molar-refractivity contribution in [1.29, 1.82) is 0 Å². The van der Waals surface area contributed by atoms with Crippen LogP contribution < -0.4 is 5.32 Å². The summed E-state index contributed by atoms with van der Waals surface area (Å²) < 4.78 is 2.14. The zero-order valence-corrected chi connectivity index (χ0v) is 16.0. The van der Waals surface area contributed by atoms with E-state index in [4.69, 9.17) is 4.98 Å². The molecule has 4 rings (SSSR count). The Morgan fingerprint density at radius 2 is 1.89 bits per heavy atom. The van der Waals surface area contributed by atoms with E-state index in [0.29, 0.717) is 4.88 Å². The number of hydrogen-bond donors (Lipinski definition) is 1. The number of imidazole rings is 1. The lowest BCUT2D eigenvalue weighted by Gasteiger charge is -2.14. The van der Waals surface area contributed by atoms with Crippen LogP contribution in [-0.4, -0.2) is 20.4 Å². The van der Waals surface area contributed by atoms with Gasteiger partial charge in [0.05, 0.1) is 23.3 Å². The smallest absolute Gasteiger partial charge is 0.263 e. The van der Waals surface area contributed by atoms with Crippen LogP contribution in [-0.2, 0) is 6.54 Å². The summed E-state index contributed by atoms with van der Waals surface area (Å²) in [6.07, 6.45) is 1.64. The molecule has 2 aromatic carbocycles. The van der Waals surface area contributed by atoms with Gasteiger partial charge in [0.25, 0.3) is 5.91 Å². The second-order valence-electron chi connectivity index (χ2n) is 6.29. The molecule has 136 valence electrons. The normalized spacial score (nSPS) is 12.2. The van der Waals surface area contributed by atoms with Gasteiger partial charge in [-0.1, -0.05) is 42.5 Å². The maximum atomic E-state index is 12.7. The van der Waals surface area contributed by atoms with Crippen molar-refractivity contribution in [2.24, 2.45) is 0 Å². The molecule has 0 radical (unpaired) electrons. The molecule has 1 unspecified atom stereocenters. The third-order valence-corrected chi connectivity index (χ3v) is 5.53. The van der Waals surface area contributed by atoms with Crippen molar-refractivity contribution in [2.45, 2.75) is 26.4 Å². The number of benzene rings is 2. The van der Waals surface area contributed by atoms with Gasteiger partial charge >= 0.3 is 0 Å². The van der Waals surface area contributed by atoms with Crippen LogP contribution in [0.25, 0.3) is 21.6 Å². The number of nitrogens with zero attached hydrogens (tertiary/aromatic N) is 3. The highest BCUT2D eigenvalue weighted by Crippen LogP contribution is 2.26. The number of amides is 1. The number of aryl methyl sites for hydroxylation is 1. The summed E-state index contributed by atoms with van der Waals surface area (Å²) in [5.41, 5.74) is 3.04. The summed E-state index contributed by atoms with van der Waals surface area (Å²) in [4.78, 5) is 22.4. The minimum absolute atomic E-state index is 0.128. The predicted molar refractivity (Wildman–Crippen MR) is 109 cm³/mol. The summed E-state index contributed by atoms with van der Waals surface area (Å²) >= 11 is 1.40. The van der Waals surface area contributed by atoms with E-state index in [1.807, 2.05) is 55.5 Å². The van der Waals surface area contributed by atoms with Gasteiger partial charge in [0.2, 0.25) is 0 Å². The topological polar surface area (TPSA) is 59.8 Å². The van der Waals surface area contributed by atoms with E-state index < -0.39 is 0 Å². The number of rotatable bonds is 5. The summed E-state index contributed by atoms with van der Waals surface area (Å²) in [5, 5.41) is 3.90. The molecule has 0 aliphatic rings. The molecule has 0 aliphatic carbocycles. The van der Waals surface area contributed by atoms with E-state index in [2.05, 4.69) is 27.9 Å². The monoisotopic (exact) mass is 376 g/mol. The lowest BCUT2D eigenvalue weighted by molar-refractivity contribution is 0.0941. The van der Waals surface area contributed by atoms with E-state index >= 15 is 0 Å². The number of carbonyl (C=O) groups is 1. The van der Waals surface area contributed by atoms with Crippen LogP contribution in [0.5, 0.6) is 0 Å². The molecule has 6 heteroatoms. The third-order valence-electron chi connectivity index (χ3n) is 4.49. The van der Waals surface area contributed by atoms with Crippen LogP contribution in [0.3, 0.4) is 0 Å². The lowest BCUT2D eigenvalue weighted by atomic mass is 10.2. The molecular weight excluding hydrogens is 356 g/mol. The summed E-state index contributed by atoms with van der Waals surface area (Å²) in [6.45, 7) is 4.85. The van der Waals surface area contributed by atoms with Gasteiger partial charge in [-0.05, 0) is 26.0 Å². The van der Waals surface area contributed by atoms with E-state index in [0.717, 1.165) is 34.0 Å². The zero-order chi connectivity index (χ0) is 18.8. The van der Waals surface area contributed by atoms with Gasteiger partial charge in [0.1, 0.15) is 15.7 Å². The zero-order valence-electron chi connectivity index (χ0n) is 15.2. The van der Waals surface area contributed by atoms with E-state index in [9.17, 15) is 4.79 Å². The van der Waals surface area contributed by atoms with Crippen LogP contribution in [0.15, 0.2) is 60.8 Å². The van der Waals surface area contributed by atoms with Crippen LogP contribution in [0.4, 0.5) is 0 Å². The molecule has 0 spiro atoms. The molecular formula is C21H20N4OS. The second-order valence-corrected chi connectivity index (χ2v) is 7.32. The van der Waals surface area contributed by atoms with E-state index in [-0.39, 0.29) is 11.9 Å². The number of fused-ring (bicyclic) bond motifs is 1. The number of nitrogens with one attached hydrogen (secondary N) is 1. The molecule has 4 aromatic rings. The molecule has 5 nitrogen and oxygen atoms in total. The quantitative estimate of drug-likeness (QED) is 0.551. The molecule has 1 amide bonds. The molecule has 0 aliphatic heterocycles.